The fourth-order valence-corrected chi connectivity index (χ4v) is 2.26. The van der Waals surface area contributed by atoms with Crippen LogP contribution in [-0.4, -0.2) is 18.2 Å². The van der Waals surface area contributed by atoms with Crippen molar-refractivity contribution in [3.8, 4) is 0 Å². The van der Waals surface area contributed by atoms with Crippen LogP contribution >= 0.6 is 0 Å². The highest BCUT2D eigenvalue weighted by atomic mass is 19.1. The van der Waals surface area contributed by atoms with Crippen molar-refractivity contribution >= 4 is 17.3 Å². The van der Waals surface area contributed by atoms with Crippen LogP contribution in [0.3, 0.4) is 0 Å². The molecule has 0 aromatic heterocycles. The van der Waals surface area contributed by atoms with Crippen molar-refractivity contribution in [1.29, 1.82) is 0 Å². The maximum absolute atomic E-state index is 13.2. The highest BCUT2D eigenvalue weighted by Gasteiger charge is 2.37. The molecule has 1 unspecified atom stereocenters. The van der Waals surface area contributed by atoms with Crippen LogP contribution in [0.25, 0.3) is 0 Å². The number of carbonyl (C=O) groups is 1. The van der Waals surface area contributed by atoms with E-state index in [4.69, 9.17) is 5.73 Å². The molecule has 0 saturated carbocycles. The highest BCUT2D eigenvalue weighted by Crippen LogP contribution is 2.28. The molecule has 19 heavy (non-hydrogen) atoms. The van der Waals surface area contributed by atoms with E-state index in [1.54, 1.807) is 12.1 Å². The van der Waals surface area contributed by atoms with Crippen LogP contribution in [-0.2, 0) is 4.79 Å². The molecule has 0 radical (unpaired) electrons. The van der Waals surface area contributed by atoms with Crippen LogP contribution in [0.5, 0.6) is 0 Å². The summed E-state index contributed by atoms with van der Waals surface area (Å²) in [6.07, 6.45) is 0.571. The number of hydrazone groups is 1. The molecule has 1 atom stereocenters. The summed E-state index contributed by atoms with van der Waals surface area (Å²) in [5, 5.41) is 5.65. The van der Waals surface area contributed by atoms with Crippen LogP contribution in [0.2, 0.25) is 0 Å². The largest absolute Gasteiger partial charge is 0.330 e. The molecule has 1 aliphatic rings. The molecule has 0 fully saturated rings. The van der Waals surface area contributed by atoms with E-state index in [1.165, 1.54) is 17.1 Å². The second kappa shape index (κ2) is 5.48. The number of carbonyl (C=O) groups excluding carboxylic acids is 1. The third-order valence-corrected chi connectivity index (χ3v) is 3.18. The molecule has 0 spiro atoms. The van der Waals surface area contributed by atoms with Crippen LogP contribution in [0.1, 0.15) is 20.3 Å². The quantitative estimate of drug-likeness (QED) is 0.904. The first-order chi connectivity index (χ1) is 9.04. The Labute approximate surface area is 112 Å². The van der Waals surface area contributed by atoms with Crippen molar-refractivity contribution in [1.82, 2.24) is 0 Å². The summed E-state index contributed by atoms with van der Waals surface area (Å²) in [6, 6.07) is 5.89. The predicted octanol–water partition coefficient (Wildman–Crippen LogP) is 2.15. The van der Waals surface area contributed by atoms with Gasteiger partial charge in [-0.3, -0.25) is 4.79 Å². The Morgan fingerprint density at radius 3 is 2.79 bits per heavy atom. The number of nitrogens with two attached hydrogens (primary N) is 1. The minimum Gasteiger partial charge on any atom is -0.330 e. The van der Waals surface area contributed by atoms with Crippen LogP contribution in [0, 0.1) is 17.7 Å². The molecule has 2 rings (SSSR count). The zero-order valence-corrected chi connectivity index (χ0v) is 11.1. The van der Waals surface area contributed by atoms with Crippen LogP contribution in [0.4, 0.5) is 10.1 Å². The summed E-state index contributed by atoms with van der Waals surface area (Å²) in [6.45, 7) is 4.41. The first-order valence-corrected chi connectivity index (χ1v) is 6.42. The Morgan fingerprint density at radius 2 is 2.21 bits per heavy atom. The van der Waals surface area contributed by atoms with E-state index >= 15 is 0 Å². The highest BCUT2D eigenvalue weighted by molar-refractivity contribution is 6.16. The lowest BCUT2D eigenvalue weighted by Crippen LogP contribution is -2.30. The second-order valence-corrected chi connectivity index (χ2v) is 4.94. The lowest BCUT2D eigenvalue weighted by atomic mass is 9.92. The first kappa shape index (κ1) is 13.7. The maximum Gasteiger partial charge on any atom is 0.256 e. The van der Waals surface area contributed by atoms with Gasteiger partial charge in [-0.15, -0.1) is 0 Å². The smallest absolute Gasteiger partial charge is 0.256 e. The van der Waals surface area contributed by atoms with Gasteiger partial charge in [-0.05, 0) is 37.1 Å². The lowest BCUT2D eigenvalue weighted by Gasteiger charge is -2.14. The van der Waals surface area contributed by atoms with Gasteiger partial charge in [-0.25, -0.2) is 9.40 Å². The Bertz CT molecular complexity index is 513. The number of hydrogen-bond acceptors (Lipinski definition) is 3. The molecule has 1 aromatic carbocycles. The van der Waals surface area contributed by atoms with Gasteiger partial charge in [0.05, 0.1) is 17.3 Å². The van der Waals surface area contributed by atoms with Gasteiger partial charge in [-0.1, -0.05) is 19.9 Å². The average molecular weight is 263 g/mol. The van der Waals surface area contributed by atoms with E-state index in [-0.39, 0.29) is 23.6 Å². The number of halogens is 1. The van der Waals surface area contributed by atoms with Crippen molar-refractivity contribution in [2.75, 3.05) is 11.6 Å². The van der Waals surface area contributed by atoms with Crippen molar-refractivity contribution in [3.05, 3.63) is 30.1 Å². The van der Waals surface area contributed by atoms with Gasteiger partial charge in [0.25, 0.3) is 5.91 Å². The number of hydrogen-bond donors (Lipinski definition) is 1. The number of rotatable bonds is 4. The van der Waals surface area contributed by atoms with Gasteiger partial charge in [0, 0.05) is 0 Å². The third kappa shape index (κ3) is 2.66. The van der Waals surface area contributed by atoms with Gasteiger partial charge >= 0.3 is 0 Å². The Morgan fingerprint density at radius 1 is 1.47 bits per heavy atom. The fourth-order valence-electron chi connectivity index (χ4n) is 2.26. The molecule has 2 N–H and O–H groups in total. The third-order valence-electron chi connectivity index (χ3n) is 3.18. The second-order valence-electron chi connectivity index (χ2n) is 4.94. The Kier molecular flexibility index (Phi) is 3.95. The van der Waals surface area contributed by atoms with Crippen molar-refractivity contribution in [2.45, 2.75) is 20.3 Å². The fraction of sp³-hybridized carbons (Fsp3) is 0.429. The Balaban J connectivity index is 2.35. The van der Waals surface area contributed by atoms with E-state index in [2.05, 4.69) is 5.10 Å². The van der Waals surface area contributed by atoms with Crippen molar-refractivity contribution in [2.24, 2.45) is 22.7 Å². The summed E-state index contributed by atoms with van der Waals surface area (Å²) < 4.78 is 13.2. The predicted molar refractivity (Wildman–Crippen MR) is 73.3 cm³/mol. The summed E-state index contributed by atoms with van der Waals surface area (Å²) in [5.41, 5.74) is 6.84. The number of amides is 1. The molecule has 0 aliphatic carbocycles. The number of benzene rings is 1. The SMILES string of the molecule is CC(C)C1=NN(c2cccc(F)c2)C(=O)C1CCN. The molecule has 5 heteroatoms. The van der Waals surface area contributed by atoms with E-state index in [9.17, 15) is 9.18 Å². The van der Waals surface area contributed by atoms with Crippen LogP contribution < -0.4 is 10.7 Å². The number of anilines is 1. The van der Waals surface area contributed by atoms with Gasteiger partial charge in [0.15, 0.2) is 0 Å². The minimum atomic E-state index is -0.381. The molecular weight excluding hydrogens is 245 g/mol. The average Bonchev–Trinajstić information content (AvgIpc) is 2.68. The van der Waals surface area contributed by atoms with Crippen LogP contribution in [0.15, 0.2) is 29.4 Å². The normalized spacial score (nSPS) is 19.2. The van der Waals surface area contributed by atoms with Gasteiger partial charge in [0.2, 0.25) is 0 Å². The molecular formula is C14H18FN3O. The lowest BCUT2D eigenvalue weighted by molar-refractivity contribution is -0.119. The molecule has 1 aromatic rings. The molecule has 0 saturated heterocycles. The van der Waals surface area contributed by atoms with E-state index in [1.807, 2.05) is 13.8 Å². The number of nitrogens with zero attached hydrogens (tertiary/aromatic N) is 2. The minimum absolute atomic E-state index is 0.125. The standard InChI is InChI=1S/C14H18FN3O/c1-9(2)13-12(6-7-16)14(19)18(17-13)11-5-3-4-10(15)8-11/h3-5,8-9,12H,6-7,16H2,1-2H3. The monoisotopic (exact) mass is 263 g/mol. The summed E-state index contributed by atoms with van der Waals surface area (Å²) in [4.78, 5) is 12.4. The molecule has 0 bridgehead atoms. The van der Waals surface area contributed by atoms with Gasteiger partial charge in [0.1, 0.15) is 5.82 Å². The zero-order valence-electron chi connectivity index (χ0n) is 11.1. The van der Waals surface area contributed by atoms with Gasteiger partial charge < -0.3 is 5.73 Å². The molecule has 1 aliphatic heterocycles. The Hall–Kier alpha value is -1.75. The molecule has 4 nitrogen and oxygen atoms in total. The summed E-state index contributed by atoms with van der Waals surface area (Å²) in [5.74, 6) is -0.624. The van der Waals surface area contributed by atoms with E-state index < -0.39 is 0 Å². The van der Waals surface area contributed by atoms with E-state index in [0.29, 0.717) is 18.7 Å². The maximum atomic E-state index is 13.2. The first-order valence-electron chi connectivity index (χ1n) is 6.42. The molecule has 102 valence electrons. The zero-order chi connectivity index (χ0) is 14.0. The summed E-state index contributed by atoms with van der Waals surface area (Å²) >= 11 is 0. The topological polar surface area (TPSA) is 58.7 Å². The summed E-state index contributed by atoms with van der Waals surface area (Å²) in [7, 11) is 0. The van der Waals surface area contributed by atoms with Crippen molar-refractivity contribution in [3.63, 3.8) is 0 Å². The molecule has 1 amide bonds. The van der Waals surface area contributed by atoms with Gasteiger partial charge in [-0.2, -0.15) is 5.10 Å². The van der Waals surface area contributed by atoms with Crippen molar-refractivity contribution < 1.29 is 9.18 Å². The molecule has 1 heterocycles. The van der Waals surface area contributed by atoms with E-state index in [0.717, 1.165) is 5.71 Å².